The molecule has 27 heavy (non-hydrogen) atoms. The van der Waals surface area contributed by atoms with Crippen molar-refractivity contribution in [2.75, 3.05) is 20.8 Å². The first-order chi connectivity index (χ1) is 12.9. The quantitative estimate of drug-likeness (QED) is 0.452. The minimum absolute atomic E-state index is 0.00150. The minimum Gasteiger partial charge on any atom is -0.493 e. The van der Waals surface area contributed by atoms with Crippen molar-refractivity contribution < 1.29 is 19.2 Å². The van der Waals surface area contributed by atoms with E-state index in [-0.39, 0.29) is 10.7 Å². The molecular weight excluding hydrogens is 374 g/mol. The monoisotopic (exact) mass is 389 g/mol. The molecule has 2 aromatic rings. The van der Waals surface area contributed by atoms with Gasteiger partial charge in [-0.25, -0.2) is 4.98 Å². The van der Waals surface area contributed by atoms with Crippen molar-refractivity contribution in [3.8, 4) is 11.5 Å². The zero-order chi connectivity index (χ0) is 19.7. The zero-order valence-electron chi connectivity index (χ0n) is 14.7. The van der Waals surface area contributed by atoms with E-state index >= 15 is 0 Å². The van der Waals surface area contributed by atoms with Crippen LogP contribution in [0.3, 0.4) is 0 Å². The number of benzene rings is 1. The number of ether oxygens (including phenoxy) is 2. The Morgan fingerprint density at radius 1 is 1.30 bits per heavy atom. The summed E-state index contributed by atoms with van der Waals surface area (Å²) in [7, 11) is 3.06. The van der Waals surface area contributed by atoms with Gasteiger partial charge in [-0.2, -0.15) is 0 Å². The molecule has 0 aliphatic carbocycles. The summed E-state index contributed by atoms with van der Waals surface area (Å²) in [5.74, 6) is 0.529. The normalized spacial score (nSPS) is 13.1. The second-order valence-electron chi connectivity index (χ2n) is 5.80. The van der Waals surface area contributed by atoms with Crippen molar-refractivity contribution >= 4 is 28.9 Å². The van der Waals surface area contributed by atoms with Gasteiger partial charge >= 0.3 is 0 Å². The van der Waals surface area contributed by atoms with E-state index in [1.165, 1.54) is 18.1 Å². The summed E-state index contributed by atoms with van der Waals surface area (Å²) in [5.41, 5.74) is 1.55. The second kappa shape index (κ2) is 7.24. The van der Waals surface area contributed by atoms with Gasteiger partial charge in [-0.3, -0.25) is 14.9 Å². The molecule has 0 saturated heterocycles. The standard InChI is InChI=1S/C18H16ClN3O5/c1-10-12-7-16(27-3)15(26-2)6-11(12)4-5-21(10)18(23)13-8-17(19)20-9-14(13)22(24)25/h6-9H,1,4-5H2,2-3H3. The van der Waals surface area contributed by atoms with Crippen LogP contribution in [0.5, 0.6) is 11.5 Å². The van der Waals surface area contributed by atoms with E-state index in [0.29, 0.717) is 30.2 Å². The van der Waals surface area contributed by atoms with Gasteiger partial charge in [0.2, 0.25) is 0 Å². The number of nitro groups is 1. The number of aromatic nitrogens is 1. The fourth-order valence-corrected chi connectivity index (χ4v) is 3.18. The SMILES string of the molecule is C=C1c2cc(OC)c(OC)cc2CCN1C(=O)c1cc(Cl)ncc1[N+](=O)[O-]. The molecule has 1 aromatic heterocycles. The number of hydrogen-bond donors (Lipinski definition) is 0. The Labute approximate surface area is 160 Å². The van der Waals surface area contributed by atoms with E-state index in [0.717, 1.165) is 17.3 Å². The fourth-order valence-electron chi connectivity index (χ4n) is 3.02. The topological polar surface area (TPSA) is 94.8 Å². The van der Waals surface area contributed by atoms with E-state index in [9.17, 15) is 14.9 Å². The first-order valence-electron chi connectivity index (χ1n) is 7.93. The van der Waals surface area contributed by atoms with Crippen LogP contribution >= 0.6 is 11.6 Å². The van der Waals surface area contributed by atoms with E-state index in [2.05, 4.69) is 11.6 Å². The highest BCUT2D eigenvalue weighted by Gasteiger charge is 2.31. The van der Waals surface area contributed by atoms with Gasteiger partial charge in [-0.1, -0.05) is 18.2 Å². The number of halogens is 1. The van der Waals surface area contributed by atoms with Crippen LogP contribution in [0.25, 0.3) is 5.70 Å². The molecule has 1 amide bonds. The average Bonchev–Trinajstić information content (AvgIpc) is 2.66. The van der Waals surface area contributed by atoms with E-state index in [1.54, 1.807) is 13.2 Å². The third kappa shape index (κ3) is 3.31. The zero-order valence-corrected chi connectivity index (χ0v) is 15.4. The number of methoxy groups -OCH3 is 2. The van der Waals surface area contributed by atoms with Crippen molar-refractivity contribution in [2.45, 2.75) is 6.42 Å². The number of carbonyl (C=O) groups is 1. The van der Waals surface area contributed by atoms with Crippen LogP contribution < -0.4 is 9.47 Å². The van der Waals surface area contributed by atoms with E-state index < -0.39 is 16.5 Å². The summed E-state index contributed by atoms with van der Waals surface area (Å²) in [4.78, 5) is 28.7. The first kappa shape index (κ1) is 18.7. The van der Waals surface area contributed by atoms with Crippen molar-refractivity contribution in [2.24, 2.45) is 0 Å². The number of nitrogens with zero attached hydrogens (tertiary/aromatic N) is 3. The Morgan fingerprint density at radius 3 is 2.59 bits per heavy atom. The van der Waals surface area contributed by atoms with Crippen LogP contribution in [0.2, 0.25) is 5.15 Å². The van der Waals surface area contributed by atoms with Crippen LogP contribution in [-0.2, 0) is 6.42 Å². The molecule has 1 aromatic carbocycles. The first-order valence-corrected chi connectivity index (χ1v) is 8.31. The summed E-state index contributed by atoms with van der Waals surface area (Å²) >= 11 is 5.84. The highest BCUT2D eigenvalue weighted by atomic mass is 35.5. The number of pyridine rings is 1. The average molecular weight is 390 g/mol. The van der Waals surface area contributed by atoms with Gasteiger partial charge in [0.1, 0.15) is 16.9 Å². The highest BCUT2D eigenvalue weighted by molar-refractivity contribution is 6.29. The Balaban J connectivity index is 2.02. The smallest absolute Gasteiger partial charge is 0.300 e. The summed E-state index contributed by atoms with van der Waals surface area (Å²) in [5, 5.41) is 11.3. The van der Waals surface area contributed by atoms with Crippen molar-refractivity contribution in [1.29, 1.82) is 0 Å². The second-order valence-corrected chi connectivity index (χ2v) is 6.19. The van der Waals surface area contributed by atoms with Gasteiger partial charge in [-0.05, 0) is 30.2 Å². The number of amides is 1. The fraction of sp³-hybridized carbons (Fsp3) is 0.222. The molecule has 0 unspecified atom stereocenters. The molecule has 0 atom stereocenters. The maximum Gasteiger partial charge on any atom is 0.300 e. The van der Waals surface area contributed by atoms with Crippen molar-refractivity contribution in [3.05, 3.63) is 62.9 Å². The Kier molecular flexibility index (Phi) is 5.00. The van der Waals surface area contributed by atoms with Crippen molar-refractivity contribution in [3.63, 3.8) is 0 Å². The lowest BCUT2D eigenvalue weighted by molar-refractivity contribution is -0.385. The van der Waals surface area contributed by atoms with Gasteiger partial charge in [0.25, 0.3) is 11.6 Å². The maximum absolute atomic E-state index is 13.0. The Morgan fingerprint density at radius 2 is 1.96 bits per heavy atom. The summed E-state index contributed by atoms with van der Waals surface area (Å²) < 4.78 is 10.6. The minimum atomic E-state index is -0.662. The molecule has 0 fully saturated rings. The molecule has 0 N–H and O–H groups in total. The van der Waals surface area contributed by atoms with Crippen LogP contribution in [0.1, 0.15) is 21.5 Å². The van der Waals surface area contributed by atoms with Crippen LogP contribution in [-0.4, -0.2) is 41.5 Å². The lowest BCUT2D eigenvalue weighted by Crippen LogP contribution is -2.35. The molecule has 0 spiro atoms. The Bertz CT molecular complexity index is 960. The van der Waals surface area contributed by atoms with Gasteiger partial charge in [-0.15, -0.1) is 0 Å². The number of carbonyl (C=O) groups excluding carboxylic acids is 1. The molecule has 3 rings (SSSR count). The summed E-state index contributed by atoms with van der Waals surface area (Å²) in [6, 6.07) is 4.77. The molecule has 2 heterocycles. The molecule has 140 valence electrons. The summed E-state index contributed by atoms with van der Waals surface area (Å²) in [6.45, 7) is 4.32. The largest absolute Gasteiger partial charge is 0.493 e. The molecule has 9 heteroatoms. The highest BCUT2D eigenvalue weighted by Crippen LogP contribution is 2.38. The molecular formula is C18H16ClN3O5. The maximum atomic E-state index is 13.0. The van der Waals surface area contributed by atoms with Gasteiger partial charge in [0, 0.05) is 17.8 Å². The van der Waals surface area contributed by atoms with E-state index in [4.69, 9.17) is 21.1 Å². The molecule has 0 radical (unpaired) electrons. The lowest BCUT2D eigenvalue weighted by Gasteiger charge is -2.31. The number of hydrogen-bond acceptors (Lipinski definition) is 6. The molecule has 1 aliphatic heterocycles. The predicted octanol–water partition coefficient (Wildman–Crippen LogP) is 3.33. The number of fused-ring (bicyclic) bond motifs is 1. The van der Waals surface area contributed by atoms with Crippen LogP contribution in [0.4, 0.5) is 5.69 Å². The van der Waals surface area contributed by atoms with Gasteiger partial charge in [0.15, 0.2) is 11.5 Å². The molecule has 8 nitrogen and oxygen atoms in total. The molecule has 0 saturated carbocycles. The van der Waals surface area contributed by atoms with Gasteiger partial charge in [0.05, 0.1) is 19.1 Å². The van der Waals surface area contributed by atoms with Crippen LogP contribution in [0, 0.1) is 10.1 Å². The van der Waals surface area contributed by atoms with E-state index in [1.807, 2.05) is 6.07 Å². The number of rotatable bonds is 4. The molecule has 0 bridgehead atoms. The summed E-state index contributed by atoms with van der Waals surface area (Å²) in [6.07, 6.45) is 1.51. The van der Waals surface area contributed by atoms with Crippen molar-refractivity contribution in [1.82, 2.24) is 9.88 Å². The third-order valence-corrected chi connectivity index (χ3v) is 4.58. The third-order valence-electron chi connectivity index (χ3n) is 4.37. The lowest BCUT2D eigenvalue weighted by atomic mass is 9.95. The predicted molar refractivity (Wildman–Crippen MR) is 99.2 cm³/mol. The Hall–Kier alpha value is -3.13. The molecule has 1 aliphatic rings. The van der Waals surface area contributed by atoms with Crippen LogP contribution in [0.15, 0.2) is 31.0 Å². The van der Waals surface area contributed by atoms with Gasteiger partial charge < -0.3 is 14.4 Å².